The summed E-state index contributed by atoms with van der Waals surface area (Å²) in [6, 6.07) is 9.51. The number of benzene rings is 1. The highest BCUT2D eigenvalue weighted by molar-refractivity contribution is 5.87. The second-order valence-corrected chi connectivity index (χ2v) is 4.62. The molecule has 0 saturated carbocycles. The number of carbonyl (C=O) groups is 1. The lowest BCUT2D eigenvalue weighted by atomic mass is 10.2. The van der Waals surface area contributed by atoms with Gasteiger partial charge in [0.05, 0.1) is 19.3 Å². The van der Waals surface area contributed by atoms with Gasteiger partial charge in [-0.05, 0) is 32.4 Å². The Balaban J connectivity index is 2.14. The maximum Gasteiger partial charge on any atom is 0.333 e. The molecule has 0 amide bonds. The van der Waals surface area contributed by atoms with Gasteiger partial charge in [-0.15, -0.1) is 0 Å². The van der Waals surface area contributed by atoms with Crippen LogP contribution in [-0.4, -0.2) is 30.4 Å². The predicted octanol–water partition coefficient (Wildman–Crippen LogP) is 2.72. The third kappa shape index (κ3) is 6.95. The summed E-state index contributed by atoms with van der Waals surface area (Å²) in [5, 5.41) is 9.12. The fourth-order valence-corrected chi connectivity index (χ4v) is 1.48. The molecule has 0 aliphatic carbocycles. The number of hydrogen-bond acceptors (Lipinski definition) is 4. The summed E-state index contributed by atoms with van der Waals surface area (Å²) >= 11 is 0. The van der Waals surface area contributed by atoms with Crippen molar-refractivity contribution in [2.75, 3.05) is 13.2 Å². The van der Waals surface area contributed by atoms with Crippen molar-refractivity contribution in [3.8, 4) is 5.75 Å². The lowest BCUT2D eigenvalue weighted by Gasteiger charge is -2.07. The van der Waals surface area contributed by atoms with Crippen LogP contribution in [0, 0.1) is 0 Å². The van der Waals surface area contributed by atoms with Gasteiger partial charge in [-0.25, -0.2) is 4.79 Å². The topological polar surface area (TPSA) is 55.8 Å². The molecule has 4 nitrogen and oxygen atoms in total. The van der Waals surface area contributed by atoms with Gasteiger partial charge in [0.1, 0.15) is 5.75 Å². The molecule has 0 spiro atoms. The number of esters is 1. The van der Waals surface area contributed by atoms with Crippen molar-refractivity contribution in [1.82, 2.24) is 0 Å². The minimum Gasteiger partial charge on any atom is -0.493 e. The summed E-state index contributed by atoms with van der Waals surface area (Å²) in [4.78, 5) is 11.6. The summed E-state index contributed by atoms with van der Waals surface area (Å²) in [7, 11) is 0. The molecule has 0 aliphatic heterocycles. The molecule has 4 heteroatoms. The maximum absolute atomic E-state index is 11.6. The van der Waals surface area contributed by atoms with E-state index in [0.29, 0.717) is 31.6 Å². The minimum atomic E-state index is -0.447. The van der Waals surface area contributed by atoms with Crippen molar-refractivity contribution in [1.29, 1.82) is 0 Å². The molecular weight excluding hydrogens is 256 g/mol. The van der Waals surface area contributed by atoms with Crippen LogP contribution in [0.15, 0.2) is 42.0 Å². The highest BCUT2D eigenvalue weighted by atomic mass is 16.5. The molecule has 0 aliphatic rings. The Morgan fingerprint density at radius 2 is 2.00 bits per heavy atom. The molecule has 0 aromatic heterocycles. The van der Waals surface area contributed by atoms with Gasteiger partial charge in [-0.3, -0.25) is 0 Å². The highest BCUT2D eigenvalue weighted by Crippen LogP contribution is 2.08. The van der Waals surface area contributed by atoms with E-state index in [0.717, 1.165) is 5.75 Å². The van der Waals surface area contributed by atoms with Crippen LogP contribution in [0.1, 0.15) is 26.7 Å². The zero-order valence-electron chi connectivity index (χ0n) is 12.0. The Morgan fingerprint density at radius 3 is 2.65 bits per heavy atom. The fourth-order valence-electron chi connectivity index (χ4n) is 1.48. The predicted molar refractivity (Wildman–Crippen MR) is 77.6 cm³/mol. The molecule has 0 radical (unpaired) electrons. The first-order valence-electron chi connectivity index (χ1n) is 6.79. The molecule has 20 heavy (non-hydrogen) atoms. The molecule has 0 fully saturated rings. The summed E-state index contributed by atoms with van der Waals surface area (Å²) in [6.07, 6.45) is 2.34. The number of para-hydroxylation sites is 1. The molecular formula is C16H22O4. The van der Waals surface area contributed by atoms with Gasteiger partial charge in [-0.1, -0.05) is 24.3 Å². The van der Waals surface area contributed by atoms with Crippen LogP contribution in [0.4, 0.5) is 0 Å². The molecule has 0 heterocycles. The molecule has 0 bridgehead atoms. The minimum absolute atomic E-state index is 0.325. The van der Waals surface area contributed by atoms with E-state index < -0.39 is 6.10 Å². The van der Waals surface area contributed by atoms with E-state index in [-0.39, 0.29) is 5.97 Å². The van der Waals surface area contributed by atoms with Crippen molar-refractivity contribution in [2.45, 2.75) is 32.8 Å². The lowest BCUT2D eigenvalue weighted by Crippen LogP contribution is -2.10. The van der Waals surface area contributed by atoms with Gasteiger partial charge in [0, 0.05) is 12.0 Å². The molecule has 1 unspecified atom stereocenters. The Labute approximate surface area is 120 Å². The molecule has 110 valence electrons. The SMILES string of the molecule is C/C(=C\CC(C)O)C(=O)OCCCOc1ccccc1. The molecule has 1 rings (SSSR count). The number of aliphatic hydroxyl groups is 1. The number of hydrogen-bond donors (Lipinski definition) is 1. The van der Waals surface area contributed by atoms with Crippen LogP contribution in [0.2, 0.25) is 0 Å². The third-order valence-corrected chi connectivity index (χ3v) is 2.62. The van der Waals surface area contributed by atoms with Crippen LogP contribution < -0.4 is 4.74 Å². The van der Waals surface area contributed by atoms with Crippen LogP contribution in [0.5, 0.6) is 5.75 Å². The summed E-state index contributed by atoms with van der Waals surface area (Å²) in [5.74, 6) is 0.470. The van der Waals surface area contributed by atoms with Crippen LogP contribution in [-0.2, 0) is 9.53 Å². The summed E-state index contributed by atoms with van der Waals surface area (Å²) in [5.41, 5.74) is 0.523. The lowest BCUT2D eigenvalue weighted by molar-refractivity contribution is -0.139. The summed E-state index contributed by atoms with van der Waals surface area (Å²) in [6.45, 7) is 4.19. The van der Waals surface area contributed by atoms with Crippen molar-refractivity contribution in [3.05, 3.63) is 42.0 Å². The van der Waals surface area contributed by atoms with Gasteiger partial charge in [0.15, 0.2) is 0 Å². The second kappa shape index (κ2) is 9.15. The standard InChI is InChI=1S/C16H22O4/c1-13(9-10-14(2)17)16(18)20-12-6-11-19-15-7-4-3-5-8-15/h3-5,7-9,14,17H,6,10-12H2,1-2H3/b13-9+. The number of ether oxygens (including phenoxy) is 2. The van der Waals surface area contributed by atoms with E-state index in [1.165, 1.54) is 0 Å². The van der Waals surface area contributed by atoms with Crippen LogP contribution >= 0.6 is 0 Å². The zero-order chi connectivity index (χ0) is 14.8. The van der Waals surface area contributed by atoms with E-state index in [2.05, 4.69) is 0 Å². The highest BCUT2D eigenvalue weighted by Gasteiger charge is 2.05. The van der Waals surface area contributed by atoms with Gasteiger partial charge in [0.2, 0.25) is 0 Å². The van der Waals surface area contributed by atoms with Crippen LogP contribution in [0.3, 0.4) is 0 Å². The van der Waals surface area contributed by atoms with Gasteiger partial charge >= 0.3 is 5.97 Å². The quantitative estimate of drug-likeness (QED) is 0.451. The van der Waals surface area contributed by atoms with E-state index >= 15 is 0 Å². The van der Waals surface area contributed by atoms with Crippen LogP contribution in [0.25, 0.3) is 0 Å². The second-order valence-electron chi connectivity index (χ2n) is 4.62. The van der Waals surface area contributed by atoms with Crippen molar-refractivity contribution in [3.63, 3.8) is 0 Å². The average molecular weight is 278 g/mol. The first kappa shape index (κ1) is 16.2. The number of aliphatic hydroxyl groups excluding tert-OH is 1. The van der Waals surface area contributed by atoms with E-state index in [4.69, 9.17) is 14.6 Å². The van der Waals surface area contributed by atoms with E-state index in [1.54, 1.807) is 19.9 Å². The Hall–Kier alpha value is -1.81. The average Bonchev–Trinajstić information content (AvgIpc) is 2.45. The zero-order valence-corrected chi connectivity index (χ0v) is 12.0. The molecule has 1 aromatic rings. The number of rotatable bonds is 8. The van der Waals surface area contributed by atoms with E-state index in [9.17, 15) is 4.79 Å². The fraction of sp³-hybridized carbons (Fsp3) is 0.438. The first-order chi connectivity index (χ1) is 9.59. The van der Waals surface area contributed by atoms with Crippen molar-refractivity contribution >= 4 is 5.97 Å². The maximum atomic E-state index is 11.6. The summed E-state index contributed by atoms with van der Waals surface area (Å²) < 4.78 is 10.6. The van der Waals surface area contributed by atoms with E-state index in [1.807, 2.05) is 30.3 Å². The first-order valence-corrected chi connectivity index (χ1v) is 6.79. The number of carbonyl (C=O) groups excluding carboxylic acids is 1. The normalized spacial score (nSPS) is 12.8. The van der Waals surface area contributed by atoms with Gasteiger partial charge in [0.25, 0.3) is 0 Å². The Kier molecular flexibility index (Phi) is 7.43. The van der Waals surface area contributed by atoms with Crippen molar-refractivity contribution < 1.29 is 19.4 Å². The largest absolute Gasteiger partial charge is 0.493 e. The third-order valence-electron chi connectivity index (χ3n) is 2.62. The van der Waals surface area contributed by atoms with Crippen molar-refractivity contribution in [2.24, 2.45) is 0 Å². The Bertz CT molecular complexity index is 423. The molecule has 1 aromatic carbocycles. The van der Waals surface area contributed by atoms with Gasteiger partial charge < -0.3 is 14.6 Å². The Morgan fingerprint density at radius 1 is 1.30 bits per heavy atom. The smallest absolute Gasteiger partial charge is 0.333 e. The monoisotopic (exact) mass is 278 g/mol. The van der Waals surface area contributed by atoms with Gasteiger partial charge in [-0.2, -0.15) is 0 Å². The molecule has 1 atom stereocenters. The molecule has 1 N–H and O–H groups in total. The molecule has 0 saturated heterocycles.